The Morgan fingerprint density at radius 2 is 1.93 bits per heavy atom. The number of phenolic OH excluding ortho intramolecular Hbond substituents is 1. The van der Waals surface area contributed by atoms with Crippen molar-refractivity contribution in [3.8, 4) is 5.75 Å². The molecule has 0 atom stereocenters. The van der Waals surface area contributed by atoms with E-state index in [-0.39, 0.29) is 0 Å². The van der Waals surface area contributed by atoms with E-state index in [2.05, 4.69) is 0 Å². The van der Waals surface area contributed by atoms with Crippen LogP contribution in [0.3, 0.4) is 0 Å². The number of hydrogen-bond donors (Lipinski definition) is 2. The van der Waals surface area contributed by atoms with Crippen LogP contribution in [0.25, 0.3) is 0 Å². The highest BCUT2D eigenvalue weighted by atomic mass is 32.2. The first-order chi connectivity index (χ1) is 6.38. The molecule has 0 aliphatic heterocycles. The smallest absolute Gasteiger partial charge is 0.244 e. The first-order valence-corrected chi connectivity index (χ1v) is 4.98. The van der Waals surface area contributed by atoms with Gasteiger partial charge in [0.1, 0.15) is 10.7 Å². The summed E-state index contributed by atoms with van der Waals surface area (Å²) in [5.41, 5.74) is 0. The van der Waals surface area contributed by atoms with Crippen molar-refractivity contribution in [1.82, 2.24) is 4.72 Å². The molecule has 0 aliphatic rings. The molecule has 4 nitrogen and oxygen atoms in total. The van der Waals surface area contributed by atoms with Gasteiger partial charge >= 0.3 is 0 Å². The average Bonchev–Trinajstić information content (AvgIpc) is 2.11. The number of nitrogens with one attached hydrogen (secondary N) is 1. The molecule has 0 bridgehead atoms. The topological polar surface area (TPSA) is 66.4 Å². The van der Waals surface area contributed by atoms with Crippen LogP contribution < -0.4 is 4.72 Å². The van der Waals surface area contributed by atoms with Gasteiger partial charge in [-0.3, -0.25) is 0 Å². The zero-order valence-corrected chi connectivity index (χ0v) is 7.90. The Balaban J connectivity index is 3.50. The predicted octanol–water partition coefficient (Wildman–Crippen LogP) is 0.579. The largest absolute Gasteiger partial charge is 0.504 e. The van der Waals surface area contributed by atoms with E-state index < -0.39 is 32.3 Å². The molecule has 0 saturated carbocycles. The Morgan fingerprint density at radius 3 is 2.43 bits per heavy atom. The summed E-state index contributed by atoms with van der Waals surface area (Å²) in [4.78, 5) is -0.822. The van der Waals surface area contributed by atoms with E-state index in [0.717, 1.165) is 7.05 Å². The lowest BCUT2D eigenvalue weighted by Gasteiger charge is -2.05. The molecular formula is C7H7F2NO3S. The molecule has 2 N–H and O–H groups in total. The van der Waals surface area contributed by atoms with Crippen molar-refractivity contribution in [3.05, 3.63) is 23.8 Å². The van der Waals surface area contributed by atoms with Crippen LogP contribution in [0.4, 0.5) is 8.78 Å². The van der Waals surface area contributed by atoms with Gasteiger partial charge < -0.3 is 5.11 Å². The van der Waals surface area contributed by atoms with Crippen LogP contribution >= 0.6 is 0 Å². The van der Waals surface area contributed by atoms with Crippen LogP contribution in [0.1, 0.15) is 0 Å². The highest BCUT2D eigenvalue weighted by Gasteiger charge is 2.20. The van der Waals surface area contributed by atoms with Crippen LogP contribution in [0.15, 0.2) is 17.0 Å². The molecule has 0 radical (unpaired) electrons. The summed E-state index contributed by atoms with van der Waals surface area (Å²) in [6.07, 6.45) is 0. The molecule has 0 amide bonds. The van der Waals surface area contributed by atoms with Gasteiger partial charge in [-0.25, -0.2) is 21.9 Å². The van der Waals surface area contributed by atoms with Crippen molar-refractivity contribution < 1.29 is 22.3 Å². The second kappa shape index (κ2) is 3.50. The predicted molar refractivity (Wildman–Crippen MR) is 44.3 cm³/mol. The molecule has 0 spiro atoms. The van der Waals surface area contributed by atoms with Crippen molar-refractivity contribution >= 4 is 10.0 Å². The van der Waals surface area contributed by atoms with Gasteiger partial charge in [0, 0.05) is 6.07 Å². The maximum absolute atomic E-state index is 12.7. The Morgan fingerprint density at radius 1 is 1.36 bits per heavy atom. The average molecular weight is 223 g/mol. The van der Waals surface area contributed by atoms with E-state index >= 15 is 0 Å². The first kappa shape index (κ1) is 10.9. The second-order valence-electron chi connectivity index (χ2n) is 2.44. The van der Waals surface area contributed by atoms with Crippen molar-refractivity contribution in [2.75, 3.05) is 7.05 Å². The normalized spacial score (nSPS) is 11.6. The first-order valence-electron chi connectivity index (χ1n) is 3.50. The van der Waals surface area contributed by atoms with E-state index in [1.54, 1.807) is 0 Å². The molecule has 1 aromatic rings. The number of phenols is 1. The van der Waals surface area contributed by atoms with E-state index in [1.165, 1.54) is 0 Å². The summed E-state index contributed by atoms with van der Waals surface area (Å²) in [6.45, 7) is 0. The third kappa shape index (κ3) is 1.83. The molecule has 78 valence electrons. The van der Waals surface area contributed by atoms with Gasteiger partial charge in [0.05, 0.1) is 0 Å². The fourth-order valence-corrected chi connectivity index (χ4v) is 1.70. The van der Waals surface area contributed by atoms with Crippen molar-refractivity contribution in [1.29, 1.82) is 0 Å². The van der Waals surface area contributed by atoms with Crippen LogP contribution in [0, 0.1) is 11.6 Å². The molecule has 0 unspecified atom stereocenters. The summed E-state index contributed by atoms with van der Waals surface area (Å²) in [7, 11) is -2.99. The molecular weight excluding hydrogens is 216 g/mol. The third-order valence-corrected chi connectivity index (χ3v) is 2.98. The minimum Gasteiger partial charge on any atom is -0.504 e. The Kier molecular flexibility index (Phi) is 2.72. The third-order valence-electron chi connectivity index (χ3n) is 1.55. The quantitative estimate of drug-likeness (QED) is 0.770. The zero-order valence-electron chi connectivity index (χ0n) is 7.08. The van der Waals surface area contributed by atoms with Crippen LogP contribution in [-0.2, 0) is 10.0 Å². The fraction of sp³-hybridized carbons (Fsp3) is 0.143. The lowest BCUT2D eigenvalue weighted by atomic mass is 10.3. The van der Waals surface area contributed by atoms with E-state index in [1.807, 2.05) is 4.72 Å². The summed E-state index contributed by atoms with van der Waals surface area (Å²) >= 11 is 0. The van der Waals surface area contributed by atoms with Crippen molar-refractivity contribution in [2.45, 2.75) is 4.90 Å². The number of aromatic hydroxyl groups is 1. The zero-order chi connectivity index (χ0) is 10.9. The Bertz CT molecular complexity index is 458. The summed E-state index contributed by atoms with van der Waals surface area (Å²) < 4.78 is 49.4. The number of benzene rings is 1. The maximum Gasteiger partial charge on any atom is 0.244 e. The van der Waals surface area contributed by atoms with E-state index in [4.69, 9.17) is 5.11 Å². The Hall–Kier alpha value is -1.21. The van der Waals surface area contributed by atoms with Gasteiger partial charge in [-0.15, -0.1) is 0 Å². The highest BCUT2D eigenvalue weighted by Crippen LogP contribution is 2.26. The molecule has 7 heteroatoms. The van der Waals surface area contributed by atoms with E-state index in [0.29, 0.717) is 12.1 Å². The molecule has 0 aromatic heterocycles. The number of sulfonamides is 1. The molecule has 0 heterocycles. The molecule has 14 heavy (non-hydrogen) atoms. The minimum absolute atomic E-state index is 0.393. The standard InChI is InChI=1S/C7H7F2NO3S/c1-10-14(12,13)6-3-4(8)2-5(9)7(6)11/h2-3,10-11H,1H3. The summed E-state index contributed by atoms with van der Waals surface area (Å²) in [6, 6.07) is 0.925. The van der Waals surface area contributed by atoms with Gasteiger partial charge in [0.25, 0.3) is 0 Å². The number of halogens is 2. The molecule has 0 aliphatic carbocycles. The monoisotopic (exact) mass is 223 g/mol. The minimum atomic E-state index is -4.05. The SMILES string of the molecule is CNS(=O)(=O)c1cc(F)cc(F)c1O. The lowest BCUT2D eigenvalue weighted by molar-refractivity contribution is 0.411. The summed E-state index contributed by atoms with van der Waals surface area (Å²) in [5, 5.41) is 9.03. The van der Waals surface area contributed by atoms with Gasteiger partial charge in [-0.05, 0) is 13.1 Å². The van der Waals surface area contributed by atoms with Crippen LogP contribution in [0.5, 0.6) is 5.75 Å². The number of rotatable bonds is 2. The fourth-order valence-electron chi connectivity index (χ4n) is 0.857. The van der Waals surface area contributed by atoms with Crippen molar-refractivity contribution in [3.63, 3.8) is 0 Å². The van der Waals surface area contributed by atoms with E-state index in [9.17, 15) is 17.2 Å². The van der Waals surface area contributed by atoms with Gasteiger partial charge in [0.2, 0.25) is 10.0 Å². The molecule has 0 saturated heterocycles. The highest BCUT2D eigenvalue weighted by molar-refractivity contribution is 7.89. The second-order valence-corrected chi connectivity index (χ2v) is 4.30. The lowest BCUT2D eigenvalue weighted by Crippen LogP contribution is -2.19. The summed E-state index contributed by atoms with van der Waals surface area (Å²) in [5.74, 6) is -3.49. The van der Waals surface area contributed by atoms with Crippen LogP contribution in [0.2, 0.25) is 0 Å². The Labute approximate surface area is 79.2 Å². The van der Waals surface area contributed by atoms with Crippen molar-refractivity contribution in [2.24, 2.45) is 0 Å². The molecule has 1 aromatic carbocycles. The molecule has 1 rings (SSSR count). The van der Waals surface area contributed by atoms with Crippen LogP contribution in [-0.4, -0.2) is 20.6 Å². The maximum atomic E-state index is 12.7. The van der Waals surface area contributed by atoms with Gasteiger partial charge in [0.15, 0.2) is 11.6 Å². The molecule has 0 fully saturated rings. The van der Waals surface area contributed by atoms with Gasteiger partial charge in [-0.2, -0.15) is 0 Å². The number of hydrogen-bond acceptors (Lipinski definition) is 3. The van der Waals surface area contributed by atoms with Gasteiger partial charge in [-0.1, -0.05) is 0 Å².